The Kier molecular flexibility index (Phi) is 10.7. The van der Waals surface area contributed by atoms with Gasteiger partial charge in [-0.05, 0) is 70.8 Å². The van der Waals surface area contributed by atoms with E-state index in [1.807, 2.05) is 25.1 Å². The first kappa shape index (κ1) is 38.4. The van der Waals surface area contributed by atoms with Crippen molar-refractivity contribution in [3.8, 4) is 17.4 Å². The number of rotatable bonds is 9. The van der Waals surface area contributed by atoms with Crippen LogP contribution in [0.4, 0.5) is 4.79 Å². The molecule has 4 bridgehead atoms. The quantitative estimate of drug-likeness (QED) is 0.314. The number of allylic oxidation sites excluding steroid dienone is 1. The van der Waals surface area contributed by atoms with Gasteiger partial charge in [0.2, 0.25) is 27.7 Å². The van der Waals surface area contributed by atoms with Gasteiger partial charge in [0.1, 0.15) is 41.3 Å². The lowest BCUT2D eigenvalue weighted by Crippen LogP contribution is -2.58. The molecule has 16 heteroatoms. The van der Waals surface area contributed by atoms with E-state index >= 15 is 0 Å². The summed E-state index contributed by atoms with van der Waals surface area (Å²) in [7, 11) is -2.32. The Morgan fingerprint density at radius 3 is 2.64 bits per heavy atom. The van der Waals surface area contributed by atoms with Crippen molar-refractivity contribution < 1.29 is 46.5 Å². The molecule has 5 aliphatic rings. The first-order valence-corrected chi connectivity index (χ1v) is 20.7. The van der Waals surface area contributed by atoms with Gasteiger partial charge in [0.05, 0.1) is 31.0 Å². The largest absolute Gasteiger partial charge is 0.496 e. The van der Waals surface area contributed by atoms with Crippen molar-refractivity contribution in [1.29, 1.82) is 0 Å². The number of amides is 4. The number of fused-ring (bicyclic) bond motifs is 4. The Bertz CT molecular complexity index is 2020. The van der Waals surface area contributed by atoms with E-state index in [1.54, 1.807) is 13.2 Å². The molecule has 7 rings (SSSR count). The van der Waals surface area contributed by atoms with E-state index in [9.17, 15) is 27.6 Å². The monoisotopic (exact) mass is 779 g/mol. The number of hydrogen-bond donors (Lipinski definition) is 3. The molecule has 4 amide bonds. The first-order valence-electron chi connectivity index (χ1n) is 19.1. The standard InChI is InChI=1S/C39H49N5O10S/c1-5-25-20-39(25,37(47)43-55(49,50)27-14-15-27)42-35(45)30-17-26-21-44(30)36(46)22(3)40-38(48)54-31-13-8-7-10-23(31)11-9-12-24-16-28-29(18-32(24)51-4)41-34(52-6-2)19-33(28)53-26/h5,9,12,16,18-19,22-23,25-27,30-31H,1,6-8,10-11,13-15,17,20-21H2,2-4H3,(H,40,48)(H,42,45)(H,43,47)/b12-9+/t22-,23+,25?,26+,30-,31-,39+/m0/s1. The Morgan fingerprint density at radius 2 is 1.93 bits per heavy atom. The molecule has 1 aromatic heterocycles. The van der Waals surface area contributed by atoms with Crippen molar-refractivity contribution in [3.63, 3.8) is 0 Å². The summed E-state index contributed by atoms with van der Waals surface area (Å²) >= 11 is 0. The van der Waals surface area contributed by atoms with Gasteiger partial charge >= 0.3 is 6.09 Å². The van der Waals surface area contributed by atoms with Gasteiger partial charge in [0.25, 0.3) is 5.91 Å². The van der Waals surface area contributed by atoms with Crippen LogP contribution in [0.3, 0.4) is 0 Å². The van der Waals surface area contributed by atoms with Crippen LogP contribution >= 0.6 is 0 Å². The van der Waals surface area contributed by atoms with E-state index in [4.69, 9.17) is 18.9 Å². The second-order valence-electron chi connectivity index (χ2n) is 15.2. The lowest BCUT2D eigenvalue weighted by atomic mass is 9.84. The number of nitrogens with zero attached hydrogens (tertiary/aromatic N) is 2. The molecule has 2 aliphatic heterocycles. The molecule has 0 radical (unpaired) electrons. The zero-order chi connectivity index (χ0) is 39.1. The van der Waals surface area contributed by atoms with E-state index in [-0.39, 0.29) is 31.4 Å². The summed E-state index contributed by atoms with van der Waals surface area (Å²) in [6, 6.07) is 3.18. The van der Waals surface area contributed by atoms with Gasteiger partial charge in [0, 0.05) is 35.4 Å². The van der Waals surface area contributed by atoms with Gasteiger partial charge in [-0.1, -0.05) is 24.6 Å². The van der Waals surface area contributed by atoms with Gasteiger partial charge in [-0.15, -0.1) is 6.58 Å². The second kappa shape index (κ2) is 15.3. The van der Waals surface area contributed by atoms with Gasteiger partial charge < -0.3 is 34.5 Å². The summed E-state index contributed by atoms with van der Waals surface area (Å²) in [5.74, 6) is -1.20. The van der Waals surface area contributed by atoms with Crippen molar-refractivity contribution >= 4 is 50.8 Å². The van der Waals surface area contributed by atoms with E-state index in [2.05, 4.69) is 33.0 Å². The number of carbonyl (C=O) groups is 4. The van der Waals surface area contributed by atoms with E-state index < -0.39 is 68.7 Å². The fourth-order valence-electron chi connectivity index (χ4n) is 8.04. The zero-order valence-corrected chi connectivity index (χ0v) is 32.2. The number of carbonyl (C=O) groups excluding carboxylic acids is 4. The summed E-state index contributed by atoms with van der Waals surface area (Å²) < 4.78 is 51.6. The molecular weight excluding hydrogens is 731 g/mol. The minimum absolute atomic E-state index is 0.0199. The molecule has 1 unspecified atom stereocenters. The molecule has 55 heavy (non-hydrogen) atoms. The van der Waals surface area contributed by atoms with Crippen LogP contribution in [-0.2, 0) is 29.1 Å². The molecule has 296 valence electrons. The lowest BCUT2D eigenvalue weighted by Gasteiger charge is -2.31. The van der Waals surface area contributed by atoms with Crippen LogP contribution in [0.2, 0.25) is 0 Å². The maximum absolute atomic E-state index is 14.3. The number of nitrogens with one attached hydrogen (secondary N) is 3. The number of benzene rings is 1. The first-order chi connectivity index (χ1) is 26.3. The minimum atomic E-state index is -3.90. The van der Waals surface area contributed by atoms with Crippen LogP contribution < -0.4 is 29.6 Å². The van der Waals surface area contributed by atoms with Crippen molar-refractivity contribution in [2.45, 2.75) is 107 Å². The third-order valence-corrected chi connectivity index (χ3v) is 13.1. The highest BCUT2D eigenvalue weighted by Gasteiger charge is 2.62. The third kappa shape index (κ3) is 7.96. The van der Waals surface area contributed by atoms with Crippen molar-refractivity contribution in [2.24, 2.45) is 11.8 Å². The predicted octanol–water partition coefficient (Wildman–Crippen LogP) is 3.75. The summed E-state index contributed by atoms with van der Waals surface area (Å²) in [5.41, 5.74) is -0.220. The molecule has 2 aromatic rings. The predicted molar refractivity (Wildman–Crippen MR) is 202 cm³/mol. The van der Waals surface area contributed by atoms with E-state index in [0.717, 1.165) is 24.8 Å². The SMILES string of the molecule is C=CC1C[C@]1(NC(=O)[C@@H]1C[C@@H]2CN1C(=O)[C@H](C)NC(=O)O[C@H]1CCCC[C@@H]1C/C=C/c1cc3c(cc(OCC)nc3cc1OC)O2)C(=O)NS(=O)(=O)C1CC1. The number of aromatic nitrogens is 1. The van der Waals surface area contributed by atoms with Gasteiger partial charge in [0.15, 0.2) is 0 Å². The zero-order valence-electron chi connectivity index (χ0n) is 31.4. The number of sulfonamides is 1. The number of hydrogen-bond acceptors (Lipinski definition) is 11. The fraction of sp³-hybridized carbons (Fsp3) is 0.564. The van der Waals surface area contributed by atoms with Crippen LogP contribution in [0.1, 0.15) is 77.2 Å². The molecular formula is C39H49N5O10S. The smallest absolute Gasteiger partial charge is 0.408 e. The molecule has 0 spiro atoms. The van der Waals surface area contributed by atoms with E-state index in [1.165, 1.54) is 17.9 Å². The highest BCUT2D eigenvalue weighted by Crippen LogP contribution is 2.46. The van der Waals surface area contributed by atoms with Crippen molar-refractivity contribution in [2.75, 3.05) is 20.3 Å². The van der Waals surface area contributed by atoms with Gasteiger partial charge in [-0.3, -0.25) is 19.1 Å². The highest BCUT2D eigenvalue weighted by molar-refractivity contribution is 7.91. The summed E-state index contributed by atoms with van der Waals surface area (Å²) in [6.07, 6.45) is 8.94. The average Bonchev–Trinajstić information content (AvgIpc) is 4.08. The summed E-state index contributed by atoms with van der Waals surface area (Å²) in [4.78, 5) is 61.2. The van der Waals surface area contributed by atoms with Crippen LogP contribution in [0.15, 0.2) is 36.9 Å². The summed E-state index contributed by atoms with van der Waals surface area (Å²) in [6.45, 7) is 7.45. The Morgan fingerprint density at radius 1 is 1.15 bits per heavy atom. The molecule has 7 atom stereocenters. The maximum atomic E-state index is 14.3. The maximum Gasteiger partial charge on any atom is 0.408 e. The number of ether oxygens (including phenoxy) is 4. The van der Waals surface area contributed by atoms with Crippen LogP contribution in [0, 0.1) is 11.8 Å². The number of pyridine rings is 1. The van der Waals surface area contributed by atoms with Crippen molar-refractivity contribution in [1.82, 2.24) is 25.2 Å². The molecule has 1 saturated heterocycles. The molecule has 3 N–H and O–H groups in total. The average molecular weight is 780 g/mol. The number of methoxy groups -OCH3 is 1. The lowest BCUT2D eigenvalue weighted by molar-refractivity contribution is -0.140. The molecule has 15 nitrogen and oxygen atoms in total. The van der Waals surface area contributed by atoms with Crippen LogP contribution in [0.5, 0.6) is 17.4 Å². The fourth-order valence-corrected chi connectivity index (χ4v) is 9.41. The van der Waals surface area contributed by atoms with E-state index in [0.29, 0.717) is 60.6 Å². The molecule has 3 heterocycles. The molecule has 4 fully saturated rings. The number of alkyl carbamates (subject to hydrolysis) is 1. The second-order valence-corrected chi connectivity index (χ2v) is 17.1. The minimum Gasteiger partial charge on any atom is -0.496 e. The molecule has 3 aliphatic carbocycles. The Hall–Kier alpha value is -4.86. The highest BCUT2D eigenvalue weighted by atomic mass is 32.2. The van der Waals surface area contributed by atoms with Crippen LogP contribution in [-0.4, -0.2) is 97.5 Å². The molecule has 3 saturated carbocycles. The van der Waals surface area contributed by atoms with Crippen LogP contribution in [0.25, 0.3) is 17.0 Å². The van der Waals surface area contributed by atoms with Gasteiger partial charge in [-0.2, -0.15) is 0 Å². The van der Waals surface area contributed by atoms with Gasteiger partial charge in [-0.25, -0.2) is 18.2 Å². The Balaban J connectivity index is 1.24. The van der Waals surface area contributed by atoms with Crippen molar-refractivity contribution in [3.05, 3.63) is 42.5 Å². The topological polar surface area (TPSA) is 192 Å². The summed E-state index contributed by atoms with van der Waals surface area (Å²) in [5, 5.41) is 5.48. The normalized spacial score (nSPS) is 30.1. The molecule has 1 aromatic carbocycles. The third-order valence-electron chi connectivity index (χ3n) is 11.3. The Labute approximate surface area is 320 Å².